The van der Waals surface area contributed by atoms with Crippen LogP contribution in [0.25, 0.3) is 0 Å². The van der Waals surface area contributed by atoms with Gasteiger partial charge in [-0.2, -0.15) is 5.26 Å². The molecule has 4 heteroatoms. The second kappa shape index (κ2) is 8.61. The third-order valence-electron chi connectivity index (χ3n) is 3.94. The number of ether oxygens (including phenoxy) is 1. The van der Waals surface area contributed by atoms with Gasteiger partial charge in [-0.05, 0) is 59.5 Å². The normalized spacial score (nSPS) is 18.2. The second-order valence-electron chi connectivity index (χ2n) is 6.29. The van der Waals surface area contributed by atoms with Crippen LogP contribution >= 0.6 is 0 Å². The molecule has 1 aliphatic rings. The zero-order chi connectivity index (χ0) is 15.0. The summed E-state index contributed by atoms with van der Waals surface area (Å²) in [5.74, 6) is 0. The van der Waals surface area contributed by atoms with Crippen molar-refractivity contribution >= 4 is 0 Å². The van der Waals surface area contributed by atoms with E-state index in [9.17, 15) is 5.26 Å². The van der Waals surface area contributed by atoms with Crippen molar-refractivity contribution in [3.63, 3.8) is 0 Å². The molecule has 20 heavy (non-hydrogen) atoms. The van der Waals surface area contributed by atoms with Crippen LogP contribution in [0.15, 0.2) is 0 Å². The molecule has 0 heterocycles. The van der Waals surface area contributed by atoms with Gasteiger partial charge in [0, 0.05) is 12.6 Å². The van der Waals surface area contributed by atoms with Gasteiger partial charge in [-0.25, -0.2) is 0 Å². The van der Waals surface area contributed by atoms with Gasteiger partial charge in [0.1, 0.15) is 5.54 Å². The topological polar surface area (TPSA) is 48.3 Å². The van der Waals surface area contributed by atoms with E-state index in [0.717, 1.165) is 39.0 Å². The van der Waals surface area contributed by atoms with Crippen LogP contribution < -0.4 is 5.32 Å². The monoisotopic (exact) mass is 281 g/mol. The van der Waals surface area contributed by atoms with Gasteiger partial charge in [0.15, 0.2) is 0 Å². The molecule has 0 spiro atoms. The number of nitriles is 1. The predicted molar refractivity (Wildman–Crippen MR) is 82.6 cm³/mol. The van der Waals surface area contributed by atoms with Crippen LogP contribution in [0.4, 0.5) is 0 Å². The molecule has 0 aromatic carbocycles. The molecular formula is C16H31N3O. The molecule has 0 aromatic rings. The van der Waals surface area contributed by atoms with Crippen molar-refractivity contribution in [1.29, 1.82) is 5.26 Å². The van der Waals surface area contributed by atoms with Crippen molar-refractivity contribution in [3.8, 4) is 6.07 Å². The third-order valence-corrected chi connectivity index (χ3v) is 3.94. The molecule has 0 aliphatic heterocycles. The van der Waals surface area contributed by atoms with E-state index >= 15 is 0 Å². The molecule has 0 radical (unpaired) electrons. The summed E-state index contributed by atoms with van der Waals surface area (Å²) in [6.45, 7) is 9.00. The van der Waals surface area contributed by atoms with Crippen LogP contribution in [0.2, 0.25) is 0 Å². The molecule has 1 rings (SSSR count). The number of rotatable bonds is 11. The van der Waals surface area contributed by atoms with Gasteiger partial charge in [-0.3, -0.25) is 5.32 Å². The van der Waals surface area contributed by atoms with Crippen LogP contribution in [-0.2, 0) is 4.74 Å². The molecule has 1 aliphatic carbocycles. The summed E-state index contributed by atoms with van der Waals surface area (Å²) in [7, 11) is 2.12. The molecular weight excluding hydrogens is 250 g/mol. The molecule has 1 fully saturated rings. The molecule has 0 bridgehead atoms. The number of nitrogens with one attached hydrogen (secondary N) is 1. The summed E-state index contributed by atoms with van der Waals surface area (Å²) >= 11 is 0. The molecule has 1 atom stereocenters. The largest absolute Gasteiger partial charge is 0.377 e. The quantitative estimate of drug-likeness (QED) is 0.632. The Morgan fingerprint density at radius 1 is 1.40 bits per heavy atom. The lowest BCUT2D eigenvalue weighted by molar-refractivity contribution is 0.0633. The Morgan fingerprint density at radius 3 is 2.60 bits per heavy atom. The highest BCUT2D eigenvalue weighted by molar-refractivity contribution is 5.09. The molecule has 1 saturated carbocycles. The first kappa shape index (κ1) is 17.4. The van der Waals surface area contributed by atoms with Crippen LogP contribution in [-0.4, -0.2) is 49.3 Å². The van der Waals surface area contributed by atoms with Crippen LogP contribution in [0, 0.1) is 11.3 Å². The zero-order valence-corrected chi connectivity index (χ0v) is 13.6. The number of nitrogens with zero attached hydrogens (tertiary/aromatic N) is 2. The molecule has 4 nitrogen and oxygen atoms in total. The van der Waals surface area contributed by atoms with Gasteiger partial charge >= 0.3 is 0 Å². The van der Waals surface area contributed by atoms with Crippen LogP contribution in [0.3, 0.4) is 0 Å². The van der Waals surface area contributed by atoms with Gasteiger partial charge in [0.05, 0.1) is 18.8 Å². The Balaban J connectivity index is 2.20. The van der Waals surface area contributed by atoms with E-state index < -0.39 is 0 Å². The summed E-state index contributed by atoms with van der Waals surface area (Å²) < 4.78 is 5.56. The lowest BCUT2D eigenvalue weighted by Crippen LogP contribution is -2.45. The second-order valence-corrected chi connectivity index (χ2v) is 6.29. The maximum absolute atomic E-state index is 9.47. The Hall–Kier alpha value is -0.630. The average Bonchev–Trinajstić information content (AvgIpc) is 3.21. The van der Waals surface area contributed by atoms with E-state index in [-0.39, 0.29) is 5.54 Å². The number of likely N-dealkylation sites (N-methyl/N-ethyl adjacent to an activating group) is 1. The average molecular weight is 281 g/mol. The highest BCUT2D eigenvalue weighted by atomic mass is 16.5. The van der Waals surface area contributed by atoms with Gasteiger partial charge in [0.25, 0.3) is 0 Å². The third kappa shape index (κ3) is 6.69. The number of hydrogen-bond acceptors (Lipinski definition) is 4. The standard InChI is InChI=1S/C16H31N3O/c1-5-16(13-17,18-15-7-8-15)9-6-10-19(4)11-12-20-14(2)3/h14-15,18H,5-12H2,1-4H3. The highest BCUT2D eigenvalue weighted by Gasteiger charge is 2.34. The lowest BCUT2D eigenvalue weighted by Gasteiger charge is -2.28. The molecule has 116 valence electrons. The van der Waals surface area contributed by atoms with Crippen molar-refractivity contribution in [2.75, 3.05) is 26.7 Å². The zero-order valence-electron chi connectivity index (χ0n) is 13.6. The van der Waals surface area contributed by atoms with Crippen molar-refractivity contribution in [1.82, 2.24) is 10.2 Å². The van der Waals surface area contributed by atoms with Crippen LogP contribution in [0.1, 0.15) is 52.9 Å². The molecule has 0 aromatic heterocycles. The summed E-state index contributed by atoms with van der Waals surface area (Å²) in [6, 6.07) is 3.10. The first-order valence-corrected chi connectivity index (χ1v) is 8.00. The van der Waals surface area contributed by atoms with Gasteiger partial charge < -0.3 is 9.64 Å². The lowest BCUT2D eigenvalue weighted by atomic mass is 9.91. The maximum atomic E-state index is 9.47. The number of hydrogen-bond donors (Lipinski definition) is 1. The Morgan fingerprint density at radius 2 is 2.10 bits per heavy atom. The van der Waals surface area contributed by atoms with Gasteiger partial charge in [-0.1, -0.05) is 6.92 Å². The Kier molecular flexibility index (Phi) is 7.50. The minimum absolute atomic E-state index is 0.303. The molecule has 1 N–H and O–H groups in total. The summed E-state index contributed by atoms with van der Waals surface area (Å²) in [5.41, 5.74) is -0.309. The minimum atomic E-state index is -0.309. The van der Waals surface area contributed by atoms with Crippen molar-refractivity contribution in [3.05, 3.63) is 0 Å². The van der Waals surface area contributed by atoms with E-state index in [1.54, 1.807) is 0 Å². The van der Waals surface area contributed by atoms with E-state index in [1.165, 1.54) is 12.8 Å². The Bertz CT molecular complexity index is 309. The predicted octanol–water partition coefficient (Wildman–Crippen LogP) is 2.55. The minimum Gasteiger partial charge on any atom is -0.377 e. The van der Waals surface area contributed by atoms with E-state index in [1.807, 2.05) is 0 Å². The highest BCUT2D eigenvalue weighted by Crippen LogP contribution is 2.26. The fraction of sp³-hybridized carbons (Fsp3) is 0.938. The Labute approximate surface area is 124 Å². The summed E-state index contributed by atoms with van der Waals surface area (Å²) in [5, 5.41) is 13.0. The van der Waals surface area contributed by atoms with E-state index in [4.69, 9.17) is 4.74 Å². The van der Waals surface area contributed by atoms with Crippen molar-refractivity contribution in [2.24, 2.45) is 0 Å². The maximum Gasteiger partial charge on any atom is 0.106 e. The molecule has 0 saturated heterocycles. The van der Waals surface area contributed by atoms with Crippen molar-refractivity contribution in [2.45, 2.75) is 70.6 Å². The fourth-order valence-electron chi connectivity index (χ4n) is 2.34. The van der Waals surface area contributed by atoms with E-state index in [0.29, 0.717) is 12.1 Å². The van der Waals surface area contributed by atoms with Crippen LogP contribution in [0.5, 0.6) is 0 Å². The SMILES string of the molecule is CCC(C#N)(CCCN(C)CCOC(C)C)NC1CC1. The fourth-order valence-corrected chi connectivity index (χ4v) is 2.34. The van der Waals surface area contributed by atoms with E-state index in [2.05, 4.69) is 44.1 Å². The molecule has 0 amide bonds. The smallest absolute Gasteiger partial charge is 0.106 e. The summed E-state index contributed by atoms with van der Waals surface area (Å²) in [6.07, 6.45) is 5.65. The van der Waals surface area contributed by atoms with Crippen molar-refractivity contribution < 1.29 is 4.74 Å². The first-order valence-electron chi connectivity index (χ1n) is 8.00. The first-order chi connectivity index (χ1) is 9.51. The molecule has 1 unspecified atom stereocenters. The van der Waals surface area contributed by atoms with Gasteiger partial charge in [0.2, 0.25) is 0 Å². The van der Waals surface area contributed by atoms with Gasteiger partial charge in [-0.15, -0.1) is 0 Å². The summed E-state index contributed by atoms with van der Waals surface area (Å²) in [4.78, 5) is 2.29.